The van der Waals surface area contributed by atoms with Gasteiger partial charge in [-0.05, 0) is 55.0 Å². The van der Waals surface area contributed by atoms with E-state index in [1.54, 1.807) is 42.5 Å². The van der Waals surface area contributed by atoms with Crippen molar-refractivity contribution in [2.45, 2.75) is 6.92 Å². The van der Waals surface area contributed by atoms with Crippen LogP contribution < -0.4 is 4.90 Å². The van der Waals surface area contributed by atoms with Crippen molar-refractivity contribution >= 4 is 34.7 Å². The number of nitrogens with zero attached hydrogens (tertiary/aromatic N) is 3. The van der Waals surface area contributed by atoms with E-state index in [9.17, 15) is 9.59 Å². The molecule has 0 radical (unpaired) electrons. The number of likely N-dealkylation sites (N-methyl/N-ethyl adjacent to an activating group) is 1. The number of carbonyl (C=O) groups is 2. The largest absolute Gasteiger partial charge is 0.395 e. The van der Waals surface area contributed by atoms with Crippen LogP contribution in [0.1, 0.15) is 33.2 Å². The minimum absolute atomic E-state index is 0.108. The van der Waals surface area contributed by atoms with Crippen LogP contribution in [0.5, 0.6) is 0 Å². The third-order valence-electron chi connectivity index (χ3n) is 5.36. The molecule has 0 bridgehead atoms. The smallest absolute Gasteiger partial charge is 0.197 e. The summed E-state index contributed by atoms with van der Waals surface area (Å²) in [6.45, 7) is 3.55. The first-order valence-corrected chi connectivity index (χ1v) is 10.5. The summed E-state index contributed by atoms with van der Waals surface area (Å²) in [7, 11) is 0. The van der Waals surface area contributed by atoms with Gasteiger partial charge in [-0.15, -0.1) is 0 Å². The molecule has 6 nitrogen and oxygen atoms in total. The quantitative estimate of drug-likeness (QED) is 0.313. The fourth-order valence-corrected chi connectivity index (χ4v) is 3.64. The molecule has 0 aromatic heterocycles. The molecular formula is C26H23N3O3. The van der Waals surface area contributed by atoms with Gasteiger partial charge in [-0.25, -0.2) is 0 Å². The minimum atomic E-state index is -0.238. The zero-order valence-corrected chi connectivity index (χ0v) is 17.7. The summed E-state index contributed by atoms with van der Waals surface area (Å²) in [6.07, 6.45) is 1.62. The average Bonchev–Trinajstić information content (AvgIpc) is 3.07. The lowest BCUT2D eigenvalue weighted by atomic mass is 10.1. The van der Waals surface area contributed by atoms with Gasteiger partial charge in [-0.3, -0.25) is 9.59 Å². The maximum Gasteiger partial charge on any atom is 0.197 e. The summed E-state index contributed by atoms with van der Waals surface area (Å²) < 4.78 is 0. The Labute approximate surface area is 186 Å². The van der Waals surface area contributed by atoms with Crippen LogP contribution in [0.4, 0.5) is 17.1 Å². The van der Waals surface area contributed by atoms with Gasteiger partial charge in [-0.1, -0.05) is 36.4 Å². The van der Waals surface area contributed by atoms with E-state index >= 15 is 0 Å². The Bertz CT molecular complexity index is 1160. The Morgan fingerprint density at radius 3 is 1.84 bits per heavy atom. The van der Waals surface area contributed by atoms with Crippen molar-refractivity contribution in [1.29, 1.82) is 0 Å². The van der Waals surface area contributed by atoms with Crippen molar-refractivity contribution in [1.82, 2.24) is 0 Å². The molecule has 0 saturated carbocycles. The summed E-state index contributed by atoms with van der Waals surface area (Å²) in [5, 5.41) is 17.7. The summed E-state index contributed by atoms with van der Waals surface area (Å²) >= 11 is 0. The predicted molar refractivity (Wildman–Crippen MR) is 125 cm³/mol. The van der Waals surface area contributed by atoms with Crippen LogP contribution in [0, 0.1) is 0 Å². The van der Waals surface area contributed by atoms with Gasteiger partial charge in [0.15, 0.2) is 11.6 Å². The van der Waals surface area contributed by atoms with Gasteiger partial charge in [0, 0.05) is 29.9 Å². The van der Waals surface area contributed by atoms with Crippen LogP contribution in [0.2, 0.25) is 0 Å². The topological polar surface area (TPSA) is 82.3 Å². The number of allylic oxidation sites excluding steroid dienone is 1. The molecule has 1 N–H and O–H groups in total. The SMILES string of the molecule is CCN(CCO)c1ccc(N=Nc2ccc(C=C3C(=O)c4ccccc4C3=O)cc2)cc1. The number of benzene rings is 3. The molecule has 0 heterocycles. The first-order valence-electron chi connectivity index (χ1n) is 10.5. The zero-order valence-electron chi connectivity index (χ0n) is 17.7. The van der Waals surface area contributed by atoms with E-state index in [-0.39, 0.29) is 23.7 Å². The van der Waals surface area contributed by atoms with Gasteiger partial charge < -0.3 is 10.0 Å². The standard InChI is InChI=1S/C26H23N3O3/c1-2-29(15-16-30)21-13-11-20(12-14-21)28-27-19-9-7-18(8-10-19)17-24-25(31)22-5-3-4-6-23(22)26(24)32/h3-14,17,30H,2,15-16H2,1H3. The van der Waals surface area contributed by atoms with Crippen molar-refractivity contribution < 1.29 is 14.7 Å². The molecule has 0 unspecified atom stereocenters. The fourth-order valence-electron chi connectivity index (χ4n) is 3.64. The normalized spacial score (nSPS) is 13.0. The molecule has 3 aromatic rings. The maximum absolute atomic E-state index is 12.5. The predicted octanol–water partition coefficient (Wildman–Crippen LogP) is 5.38. The van der Waals surface area contributed by atoms with Crippen LogP contribution >= 0.6 is 0 Å². The number of Topliss-reactive ketones (excluding diaryl/α,β-unsaturated/α-hetero) is 2. The number of rotatable bonds is 7. The monoisotopic (exact) mass is 425 g/mol. The highest BCUT2D eigenvalue weighted by Crippen LogP contribution is 2.28. The van der Waals surface area contributed by atoms with Crippen molar-refractivity contribution in [3.63, 3.8) is 0 Å². The van der Waals surface area contributed by atoms with Crippen LogP contribution in [-0.4, -0.2) is 36.4 Å². The van der Waals surface area contributed by atoms with Crippen molar-refractivity contribution in [3.8, 4) is 0 Å². The molecule has 1 aliphatic rings. The van der Waals surface area contributed by atoms with E-state index < -0.39 is 0 Å². The Hall–Kier alpha value is -3.90. The molecule has 6 heteroatoms. The molecule has 32 heavy (non-hydrogen) atoms. The van der Waals surface area contributed by atoms with E-state index in [0.29, 0.717) is 23.4 Å². The van der Waals surface area contributed by atoms with Gasteiger partial charge in [0.05, 0.1) is 23.6 Å². The summed E-state index contributed by atoms with van der Waals surface area (Å²) in [4.78, 5) is 27.1. The number of fused-ring (bicyclic) bond motifs is 1. The van der Waals surface area contributed by atoms with E-state index in [4.69, 9.17) is 5.11 Å². The lowest BCUT2D eigenvalue weighted by Gasteiger charge is -2.21. The third-order valence-corrected chi connectivity index (χ3v) is 5.36. The second-order valence-corrected chi connectivity index (χ2v) is 7.37. The second kappa shape index (κ2) is 9.49. The molecule has 4 rings (SSSR count). The molecule has 0 atom stereocenters. The highest BCUT2D eigenvalue weighted by molar-refractivity contribution is 6.41. The second-order valence-electron chi connectivity index (χ2n) is 7.37. The minimum Gasteiger partial charge on any atom is -0.395 e. The van der Waals surface area contributed by atoms with Crippen molar-refractivity contribution in [3.05, 3.63) is 95.1 Å². The number of azo groups is 1. The Kier molecular flexibility index (Phi) is 6.33. The number of aliphatic hydroxyl groups excluding tert-OH is 1. The number of hydrogen-bond donors (Lipinski definition) is 1. The van der Waals surface area contributed by atoms with Gasteiger partial charge in [-0.2, -0.15) is 10.2 Å². The number of anilines is 1. The highest BCUT2D eigenvalue weighted by Gasteiger charge is 2.32. The molecule has 0 aliphatic heterocycles. The molecule has 0 spiro atoms. The molecular weight excluding hydrogens is 402 g/mol. The molecule has 1 aliphatic carbocycles. The van der Waals surface area contributed by atoms with Crippen LogP contribution in [0.15, 0.2) is 88.6 Å². The van der Waals surface area contributed by atoms with Crippen LogP contribution in [0.25, 0.3) is 6.08 Å². The zero-order chi connectivity index (χ0) is 22.5. The van der Waals surface area contributed by atoms with Crippen LogP contribution in [-0.2, 0) is 0 Å². The van der Waals surface area contributed by atoms with Gasteiger partial charge in [0.1, 0.15) is 0 Å². The molecule has 0 amide bonds. The maximum atomic E-state index is 12.5. The van der Waals surface area contributed by atoms with Crippen LogP contribution in [0.3, 0.4) is 0 Å². The van der Waals surface area contributed by atoms with Gasteiger partial charge in [0.25, 0.3) is 0 Å². The molecule has 3 aromatic carbocycles. The van der Waals surface area contributed by atoms with Crippen molar-refractivity contribution in [2.75, 3.05) is 24.6 Å². The van der Waals surface area contributed by atoms with Crippen molar-refractivity contribution in [2.24, 2.45) is 10.2 Å². The lowest BCUT2D eigenvalue weighted by Crippen LogP contribution is -2.25. The third kappa shape index (κ3) is 4.40. The van der Waals surface area contributed by atoms with E-state index in [1.807, 2.05) is 43.3 Å². The fraction of sp³-hybridized carbons (Fsp3) is 0.154. The molecule has 0 saturated heterocycles. The lowest BCUT2D eigenvalue weighted by molar-refractivity contribution is 0.0990. The summed E-state index contributed by atoms with van der Waals surface area (Å²) in [6, 6.07) is 21.8. The number of ketones is 2. The number of hydrogen-bond acceptors (Lipinski definition) is 6. The number of carbonyl (C=O) groups excluding carboxylic acids is 2. The molecule has 0 fully saturated rings. The van der Waals surface area contributed by atoms with Gasteiger partial charge >= 0.3 is 0 Å². The number of aliphatic hydroxyl groups is 1. The highest BCUT2D eigenvalue weighted by atomic mass is 16.3. The first-order chi connectivity index (χ1) is 15.6. The van der Waals surface area contributed by atoms with E-state index in [2.05, 4.69) is 15.1 Å². The average molecular weight is 425 g/mol. The Balaban J connectivity index is 1.46. The summed E-state index contributed by atoms with van der Waals surface area (Å²) in [5.74, 6) is -0.475. The Morgan fingerprint density at radius 1 is 0.812 bits per heavy atom. The first kappa shape index (κ1) is 21.3. The summed E-state index contributed by atoms with van der Waals surface area (Å²) in [5.41, 5.74) is 4.26. The van der Waals surface area contributed by atoms with E-state index in [0.717, 1.165) is 23.5 Å². The van der Waals surface area contributed by atoms with Gasteiger partial charge in [0.2, 0.25) is 0 Å². The van der Waals surface area contributed by atoms with E-state index in [1.165, 1.54) is 0 Å². The molecule has 160 valence electrons. The Morgan fingerprint density at radius 2 is 1.34 bits per heavy atom.